The van der Waals surface area contributed by atoms with Crippen LogP contribution in [0.5, 0.6) is 0 Å². The van der Waals surface area contributed by atoms with Gasteiger partial charge in [0.25, 0.3) is 5.91 Å². The number of nitrogens with zero attached hydrogens (tertiary/aromatic N) is 3. The molecule has 1 fully saturated rings. The van der Waals surface area contributed by atoms with Gasteiger partial charge in [0.1, 0.15) is 6.54 Å². The van der Waals surface area contributed by atoms with Gasteiger partial charge >= 0.3 is 11.9 Å². The Labute approximate surface area is 199 Å². The van der Waals surface area contributed by atoms with Gasteiger partial charge in [-0.05, 0) is 37.0 Å². The van der Waals surface area contributed by atoms with Crippen molar-refractivity contribution in [3.63, 3.8) is 0 Å². The minimum absolute atomic E-state index is 0.0395. The third-order valence-corrected chi connectivity index (χ3v) is 7.37. The Morgan fingerprint density at radius 2 is 1.85 bits per heavy atom. The fourth-order valence-electron chi connectivity index (χ4n) is 3.46. The first-order valence-corrected chi connectivity index (χ1v) is 12.5. The second-order valence-corrected chi connectivity index (χ2v) is 9.78. The maximum atomic E-state index is 12.5. The molecule has 1 saturated heterocycles. The van der Waals surface area contributed by atoms with Crippen molar-refractivity contribution in [1.29, 1.82) is 0 Å². The molecule has 178 valence electrons. The van der Waals surface area contributed by atoms with Crippen molar-refractivity contribution in [3.05, 3.63) is 28.6 Å². The number of carbonyl (C=O) groups is 4. The van der Waals surface area contributed by atoms with Gasteiger partial charge in [-0.25, -0.2) is 4.79 Å². The minimum atomic E-state index is -0.489. The maximum Gasteiger partial charge on any atom is 0.337 e. The molecule has 0 radical (unpaired) electrons. The van der Waals surface area contributed by atoms with Crippen LogP contribution in [0, 0.1) is 5.92 Å². The molecule has 9 nitrogen and oxygen atoms in total. The van der Waals surface area contributed by atoms with Crippen molar-refractivity contribution in [2.75, 3.05) is 38.8 Å². The summed E-state index contributed by atoms with van der Waals surface area (Å²) in [4.78, 5) is 55.0. The highest BCUT2D eigenvalue weighted by Crippen LogP contribution is 2.20. The zero-order chi connectivity index (χ0) is 24.0. The Kier molecular flexibility index (Phi) is 8.67. The first-order valence-electron chi connectivity index (χ1n) is 10.5. The molecule has 11 heteroatoms. The molecule has 1 aliphatic heterocycles. The molecule has 1 aliphatic rings. The van der Waals surface area contributed by atoms with E-state index in [1.54, 1.807) is 22.8 Å². The number of carbonyl (C=O) groups excluding carboxylic acids is 4. The van der Waals surface area contributed by atoms with Crippen LogP contribution in [0.15, 0.2) is 23.2 Å². The average molecular weight is 494 g/mol. The van der Waals surface area contributed by atoms with Crippen LogP contribution in [0.2, 0.25) is 0 Å². The molecule has 1 aromatic carbocycles. The van der Waals surface area contributed by atoms with Gasteiger partial charge in [-0.2, -0.15) is 4.99 Å². The number of amides is 2. The van der Waals surface area contributed by atoms with Gasteiger partial charge in [-0.1, -0.05) is 18.3 Å². The van der Waals surface area contributed by atoms with Crippen LogP contribution >= 0.6 is 23.1 Å². The number of fused-ring (bicyclic) bond motifs is 1. The summed E-state index contributed by atoms with van der Waals surface area (Å²) in [6, 6.07) is 4.90. The van der Waals surface area contributed by atoms with E-state index in [4.69, 9.17) is 9.47 Å². The molecular formula is C22H27N3O6S2. The summed E-state index contributed by atoms with van der Waals surface area (Å²) in [6.07, 6.45) is 2.02. The van der Waals surface area contributed by atoms with E-state index in [-0.39, 0.29) is 24.0 Å². The maximum absolute atomic E-state index is 12.5. The molecule has 0 unspecified atom stereocenters. The highest BCUT2D eigenvalue weighted by atomic mass is 32.2. The monoisotopic (exact) mass is 493 g/mol. The third-order valence-electron chi connectivity index (χ3n) is 5.43. The number of thiazole rings is 1. The Hall–Kier alpha value is -2.66. The number of likely N-dealkylation sites (tertiary alicyclic amines) is 1. The van der Waals surface area contributed by atoms with Crippen molar-refractivity contribution in [2.24, 2.45) is 10.9 Å². The van der Waals surface area contributed by atoms with E-state index in [1.807, 2.05) is 4.90 Å². The van der Waals surface area contributed by atoms with Crippen LogP contribution in [-0.2, 0) is 30.4 Å². The largest absolute Gasteiger partial charge is 0.468 e. The van der Waals surface area contributed by atoms with Gasteiger partial charge in [0.15, 0.2) is 4.80 Å². The van der Waals surface area contributed by atoms with Crippen LogP contribution in [-0.4, -0.2) is 72.0 Å². The molecule has 33 heavy (non-hydrogen) atoms. The third kappa shape index (κ3) is 6.44. The van der Waals surface area contributed by atoms with E-state index in [0.29, 0.717) is 26.5 Å². The fraction of sp³-hybridized carbons (Fsp3) is 0.500. The van der Waals surface area contributed by atoms with Gasteiger partial charge in [-0.3, -0.25) is 14.4 Å². The Balaban J connectivity index is 1.74. The molecule has 2 amide bonds. The normalized spacial score (nSPS) is 15.0. The lowest BCUT2D eigenvalue weighted by atomic mass is 9.99. The van der Waals surface area contributed by atoms with Gasteiger partial charge in [0.2, 0.25) is 5.91 Å². The Morgan fingerprint density at radius 3 is 2.52 bits per heavy atom. The number of benzene rings is 1. The molecule has 3 rings (SSSR count). The average Bonchev–Trinajstić information content (AvgIpc) is 3.14. The van der Waals surface area contributed by atoms with Crippen LogP contribution < -0.4 is 4.80 Å². The van der Waals surface area contributed by atoms with Crippen molar-refractivity contribution >= 4 is 57.1 Å². The van der Waals surface area contributed by atoms with Crippen molar-refractivity contribution in [1.82, 2.24) is 9.47 Å². The number of methoxy groups -OCH3 is 2. The standard InChI is InChI=1S/C22H27N3O6S2/c1-14-6-8-24(9-7-14)19(27)13-32-12-18(26)23-22-25(11-20(28)30-2)16-5-4-15(21(29)31-3)10-17(16)33-22/h4-5,10,14H,6-9,11-13H2,1-3H3. The van der Waals surface area contributed by atoms with Crippen molar-refractivity contribution in [2.45, 2.75) is 26.3 Å². The van der Waals surface area contributed by atoms with Crippen LogP contribution in [0.25, 0.3) is 10.2 Å². The quantitative estimate of drug-likeness (QED) is 0.544. The van der Waals surface area contributed by atoms with Crippen LogP contribution in [0.3, 0.4) is 0 Å². The number of rotatable bonds is 7. The van der Waals surface area contributed by atoms with E-state index >= 15 is 0 Å². The minimum Gasteiger partial charge on any atom is -0.468 e. The van der Waals surface area contributed by atoms with Gasteiger partial charge in [0, 0.05) is 13.1 Å². The summed E-state index contributed by atoms with van der Waals surface area (Å²) in [5, 5.41) is 0. The van der Waals surface area contributed by atoms with E-state index in [0.717, 1.165) is 25.9 Å². The molecule has 0 bridgehead atoms. The SMILES string of the molecule is COC(=O)Cn1c(=NC(=O)CSCC(=O)N2CCC(C)CC2)sc2cc(C(=O)OC)ccc21. The highest BCUT2D eigenvalue weighted by molar-refractivity contribution is 8.00. The molecule has 0 spiro atoms. The summed E-state index contributed by atoms with van der Waals surface area (Å²) < 4.78 is 11.8. The van der Waals surface area contributed by atoms with Crippen molar-refractivity contribution < 1.29 is 28.7 Å². The summed E-state index contributed by atoms with van der Waals surface area (Å²) in [6.45, 7) is 3.59. The van der Waals surface area contributed by atoms with Crippen LogP contribution in [0.1, 0.15) is 30.1 Å². The summed E-state index contributed by atoms with van der Waals surface area (Å²) in [5.41, 5.74) is 1.00. The molecule has 0 atom stereocenters. The molecular weight excluding hydrogens is 466 g/mol. The molecule has 1 aromatic heterocycles. The first kappa shape index (κ1) is 25.0. The molecule has 2 heterocycles. The Morgan fingerprint density at radius 1 is 1.12 bits per heavy atom. The second kappa shape index (κ2) is 11.5. The summed E-state index contributed by atoms with van der Waals surface area (Å²) >= 11 is 2.42. The highest BCUT2D eigenvalue weighted by Gasteiger charge is 2.20. The van der Waals surface area contributed by atoms with E-state index in [1.165, 1.54) is 37.3 Å². The van der Waals surface area contributed by atoms with E-state index in [2.05, 4.69) is 11.9 Å². The zero-order valence-electron chi connectivity index (χ0n) is 18.9. The van der Waals surface area contributed by atoms with Gasteiger partial charge in [-0.15, -0.1) is 11.8 Å². The first-order chi connectivity index (χ1) is 15.8. The summed E-state index contributed by atoms with van der Waals surface area (Å²) in [5.74, 6) is -0.414. The predicted octanol–water partition coefficient (Wildman–Crippen LogP) is 2.08. The summed E-state index contributed by atoms with van der Waals surface area (Å²) in [7, 11) is 2.58. The number of piperidine rings is 1. The number of esters is 2. The molecule has 0 saturated carbocycles. The molecule has 2 aromatic rings. The topological polar surface area (TPSA) is 107 Å². The number of ether oxygens (including phenoxy) is 2. The van der Waals surface area contributed by atoms with Crippen molar-refractivity contribution in [3.8, 4) is 0 Å². The number of aromatic nitrogens is 1. The number of hydrogen-bond donors (Lipinski definition) is 0. The van der Waals surface area contributed by atoms with E-state index in [9.17, 15) is 19.2 Å². The van der Waals surface area contributed by atoms with E-state index < -0.39 is 17.8 Å². The Bertz CT molecular complexity index is 1120. The molecule has 0 aliphatic carbocycles. The fourth-order valence-corrected chi connectivity index (χ4v) is 5.25. The lowest BCUT2D eigenvalue weighted by Crippen LogP contribution is -2.39. The lowest BCUT2D eigenvalue weighted by Gasteiger charge is -2.30. The zero-order valence-corrected chi connectivity index (χ0v) is 20.5. The van der Waals surface area contributed by atoms with Crippen LogP contribution in [0.4, 0.5) is 0 Å². The van der Waals surface area contributed by atoms with Gasteiger partial charge < -0.3 is 18.9 Å². The smallest absolute Gasteiger partial charge is 0.337 e. The lowest BCUT2D eigenvalue weighted by molar-refractivity contribution is -0.141. The van der Waals surface area contributed by atoms with Gasteiger partial charge in [0.05, 0.1) is 41.5 Å². The second-order valence-electron chi connectivity index (χ2n) is 7.78. The number of thioether (sulfide) groups is 1. The molecule has 0 N–H and O–H groups in total. The predicted molar refractivity (Wildman–Crippen MR) is 126 cm³/mol. The number of hydrogen-bond acceptors (Lipinski definition) is 8.